The largest absolute Gasteiger partial charge is 0.455 e. The van der Waals surface area contributed by atoms with Crippen LogP contribution in [-0.2, 0) is 6.42 Å². The second kappa shape index (κ2) is 14.1. The van der Waals surface area contributed by atoms with Crippen LogP contribution in [0.5, 0.6) is 0 Å². The summed E-state index contributed by atoms with van der Waals surface area (Å²) in [6.07, 6.45) is 3.12. The van der Waals surface area contributed by atoms with Gasteiger partial charge in [-0.1, -0.05) is 152 Å². The summed E-state index contributed by atoms with van der Waals surface area (Å²) in [4.78, 5) is 16.1. The Bertz CT molecular complexity index is 4180. The van der Waals surface area contributed by atoms with Gasteiger partial charge in [0.25, 0.3) is 0 Å². The monoisotopic (exact) mass is 845 g/mol. The summed E-state index contributed by atoms with van der Waals surface area (Å²) in [7, 11) is 0. The van der Waals surface area contributed by atoms with Crippen molar-refractivity contribution in [1.82, 2.24) is 15.0 Å². The maximum atomic E-state index is 6.87. The van der Waals surface area contributed by atoms with Gasteiger partial charge in [0.05, 0.1) is 0 Å². The fraction of sp³-hybridized carbons (Fsp3) is 0.0167. The van der Waals surface area contributed by atoms with E-state index >= 15 is 0 Å². The Hall–Kier alpha value is -8.25. The first-order chi connectivity index (χ1) is 32.1. The third kappa shape index (κ3) is 5.86. The summed E-state index contributed by atoms with van der Waals surface area (Å²) in [6.45, 7) is 0. The summed E-state index contributed by atoms with van der Waals surface area (Å²) in [6, 6.07) is 69.6. The predicted molar refractivity (Wildman–Crippen MR) is 272 cm³/mol. The Labute approximate surface area is 377 Å². The summed E-state index contributed by atoms with van der Waals surface area (Å²) < 4.78 is 9.33. The molecule has 0 saturated heterocycles. The summed E-state index contributed by atoms with van der Waals surface area (Å²) in [5, 5.41) is 11.6. The quantitative estimate of drug-likeness (QED) is 0.177. The summed E-state index contributed by atoms with van der Waals surface area (Å²) >= 11 is 1.80. The molecule has 0 radical (unpaired) electrons. The molecule has 1 aliphatic carbocycles. The van der Waals surface area contributed by atoms with Crippen molar-refractivity contribution < 1.29 is 4.42 Å². The van der Waals surface area contributed by atoms with E-state index in [1.54, 1.807) is 11.3 Å². The topological polar surface area (TPSA) is 51.8 Å². The number of hydrogen-bond donors (Lipinski definition) is 0. The fourth-order valence-electron chi connectivity index (χ4n) is 10.1. The second-order valence-corrected chi connectivity index (χ2v) is 18.2. The average molecular weight is 846 g/mol. The minimum atomic E-state index is 0.606. The first-order valence-electron chi connectivity index (χ1n) is 22.0. The van der Waals surface area contributed by atoms with Gasteiger partial charge in [0.2, 0.25) is 0 Å². The van der Waals surface area contributed by atoms with Crippen molar-refractivity contribution >= 4 is 97.4 Å². The molecule has 65 heavy (non-hydrogen) atoms. The first-order valence-corrected chi connectivity index (χ1v) is 22.8. The predicted octanol–water partition coefficient (Wildman–Crippen LogP) is 16.4. The number of thiophene rings is 1. The molecule has 0 aliphatic heterocycles. The van der Waals surface area contributed by atoms with Crippen LogP contribution in [0.1, 0.15) is 16.7 Å². The van der Waals surface area contributed by atoms with Crippen LogP contribution in [0.3, 0.4) is 0 Å². The molecule has 302 valence electrons. The number of furan rings is 1. The van der Waals surface area contributed by atoms with Crippen molar-refractivity contribution in [2.24, 2.45) is 0 Å². The van der Waals surface area contributed by atoms with Crippen LogP contribution in [0.4, 0.5) is 0 Å². The SMILES string of the molecule is C(=C1\Cc2cc3ccccc3cc2-c2ccccc21)/c1cc2oc3c4ccccc4ccc3c2cc1-c1nc(-c2ccc3ccccc3c2)nc(-c2ccc3c(c2)sc2ccccc23)n1. The van der Waals surface area contributed by atoms with E-state index in [0.717, 1.165) is 66.8 Å². The summed E-state index contributed by atoms with van der Waals surface area (Å²) in [5.41, 5.74) is 11.8. The molecule has 0 bridgehead atoms. The molecule has 4 nitrogen and oxygen atoms in total. The normalized spacial score (nSPS) is 13.2. The molecule has 0 spiro atoms. The van der Waals surface area contributed by atoms with Gasteiger partial charge in [-0.25, -0.2) is 15.0 Å². The highest BCUT2D eigenvalue weighted by Crippen LogP contribution is 2.44. The number of aromatic nitrogens is 3. The van der Waals surface area contributed by atoms with E-state index in [1.165, 1.54) is 64.2 Å². The van der Waals surface area contributed by atoms with E-state index in [2.05, 4.69) is 200 Å². The van der Waals surface area contributed by atoms with E-state index in [1.807, 2.05) is 0 Å². The molecule has 0 amide bonds. The Morgan fingerprint density at radius 1 is 0.400 bits per heavy atom. The van der Waals surface area contributed by atoms with Gasteiger partial charge in [-0.05, 0) is 115 Å². The van der Waals surface area contributed by atoms with Gasteiger partial charge in [-0.15, -0.1) is 11.3 Å². The van der Waals surface area contributed by atoms with Crippen molar-refractivity contribution in [2.75, 3.05) is 0 Å². The van der Waals surface area contributed by atoms with E-state index in [9.17, 15) is 0 Å². The molecule has 0 fully saturated rings. The lowest BCUT2D eigenvalue weighted by Crippen LogP contribution is -2.04. The third-order valence-corrected chi connectivity index (χ3v) is 14.4. The molecule has 1 aliphatic rings. The van der Waals surface area contributed by atoms with Crippen LogP contribution >= 0.6 is 11.3 Å². The van der Waals surface area contributed by atoms with Gasteiger partial charge in [0, 0.05) is 53.0 Å². The lowest BCUT2D eigenvalue weighted by atomic mass is 9.80. The third-order valence-electron chi connectivity index (χ3n) is 13.3. The summed E-state index contributed by atoms with van der Waals surface area (Å²) in [5.74, 6) is 1.86. The number of benzene rings is 10. The molecule has 3 heterocycles. The maximum absolute atomic E-state index is 6.87. The molecule has 0 N–H and O–H groups in total. The van der Waals surface area contributed by atoms with Gasteiger partial charge in [0.15, 0.2) is 17.5 Å². The minimum absolute atomic E-state index is 0.606. The van der Waals surface area contributed by atoms with E-state index in [4.69, 9.17) is 19.4 Å². The van der Waals surface area contributed by atoms with Crippen molar-refractivity contribution in [2.45, 2.75) is 6.42 Å². The smallest absolute Gasteiger partial charge is 0.164 e. The van der Waals surface area contributed by atoms with E-state index in [-0.39, 0.29) is 0 Å². The van der Waals surface area contributed by atoms with Crippen LogP contribution in [-0.4, -0.2) is 15.0 Å². The molecule has 14 rings (SSSR count). The molecule has 0 atom stereocenters. The van der Waals surface area contributed by atoms with Crippen LogP contribution < -0.4 is 0 Å². The second-order valence-electron chi connectivity index (χ2n) is 17.1. The lowest BCUT2D eigenvalue weighted by Gasteiger charge is -2.24. The molecular formula is C60H35N3OS. The lowest BCUT2D eigenvalue weighted by molar-refractivity contribution is 0.672. The van der Waals surface area contributed by atoms with E-state index < -0.39 is 0 Å². The van der Waals surface area contributed by atoms with Crippen LogP contribution in [0, 0.1) is 0 Å². The van der Waals surface area contributed by atoms with E-state index in [0.29, 0.717) is 17.5 Å². The Balaban J connectivity index is 1.03. The zero-order chi connectivity index (χ0) is 42.6. The van der Waals surface area contributed by atoms with Crippen molar-refractivity contribution in [3.8, 4) is 45.3 Å². The molecule has 3 aromatic heterocycles. The Morgan fingerprint density at radius 3 is 1.86 bits per heavy atom. The number of allylic oxidation sites excluding steroid dienone is 1. The van der Waals surface area contributed by atoms with Crippen molar-refractivity contribution in [1.29, 1.82) is 0 Å². The molecule has 5 heteroatoms. The van der Waals surface area contributed by atoms with Gasteiger partial charge in [-0.2, -0.15) is 0 Å². The van der Waals surface area contributed by atoms with Gasteiger partial charge in [0.1, 0.15) is 11.2 Å². The fourth-order valence-corrected chi connectivity index (χ4v) is 11.3. The van der Waals surface area contributed by atoms with Crippen LogP contribution in [0.25, 0.3) is 131 Å². The van der Waals surface area contributed by atoms with Crippen molar-refractivity contribution in [3.63, 3.8) is 0 Å². The van der Waals surface area contributed by atoms with Gasteiger partial charge < -0.3 is 4.42 Å². The Morgan fingerprint density at radius 2 is 1.02 bits per heavy atom. The van der Waals surface area contributed by atoms with Gasteiger partial charge in [-0.3, -0.25) is 0 Å². The molecule has 0 saturated carbocycles. The zero-order valence-electron chi connectivity index (χ0n) is 34.9. The van der Waals surface area contributed by atoms with Crippen molar-refractivity contribution in [3.05, 3.63) is 211 Å². The Kier molecular flexibility index (Phi) is 7.88. The molecule has 0 unspecified atom stereocenters. The van der Waals surface area contributed by atoms with Gasteiger partial charge >= 0.3 is 0 Å². The molecule has 10 aromatic carbocycles. The number of rotatable bonds is 4. The zero-order valence-corrected chi connectivity index (χ0v) is 35.7. The number of nitrogens with zero attached hydrogens (tertiary/aromatic N) is 3. The first kappa shape index (κ1) is 36.3. The minimum Gasteiger partial charge on any atom is -0.455 e. The molecule has 13 aromatic rings. The standard InChI is InChI=1S/C60H35N3OS/c1-2-13-37-27-40(22-21-35(37)11-1)58-61-59(41-24-25-49-48-19-9-10-20-55(48)65-56(49)33-41)63-60(62-58)52-34-53-50-26-23-36-12-5-6-17-46(36)57(50)64-54(53)32-44(52)30-42-29-43-28-38-14-3-4-15-39(38)31-51(43)47-18-8-7-16-45(42)47/h1-28,30-34H,29H2/b42-30-. The number of fused-ring (bicyclic) bond motifs is 13. The average Bonchev–Trinajstić information content (AvgIpc) is 3.93. The highest BCUT2D eigenvalue weighted by Gasteiger charge is 2.24. The highest BCUT2D eigenvalue weighted by atomic mass is 32.1. The highest BCUT2D eigenvalue weighted by molar-refractivity contribution is 7.25. The van der Waals surface area contributed by atoms with Crippen LogP contribution in [0.2, 0.25) is 0 Å². The number of hydrogen-bond acceptors (Lipinski definition) is 5. The maximum Gasteiger partial charge on any atom is 0.164 e. The van der Waals surface area contributed by atoms with Crippen LogP contribution in [0.15, 0.2) is 199 Å². The molecular weight excluding hydrogens is 811 g/mol.